The number of hydrogen-bond donors (Lipinski definition) is 0. The van der Waals surface area contributed by atoms with Crippen molar-refractivity contribution < 1.29 is 28.6 Å². The van der Waals surface area contributed by atoms with E-state index >= 15 is 0 Å². The highest BCUT2D eigenvalue weighted by molar-refractivity contribution is 5.71. The molecule has 0 aliphatic rings. The summed E-state index contributed by atoms with van der Waals surface area (Å²) >= 11 is 0. The molecule has 1 atom stereocenters. The van der Waals surface area contributed by atoms with Gasteiger partial charge in [0.05, 0.1) is 0 Å². The van der Waals surface area contributed by atoms with Gasteiger partial charge >= 0.3 is 17.9 Å². The van der Waals surface area contributed by atoms with Crippen LogP contribution >= 0.6 is 0 Å². The Morgan fingerprint density at radius 1 is 0.382 bits per heavy atom. The van der Waals surface area contributed by atoms with Gasteiger partial charge in [0.1, 0.15) is 13.2 Å². The molecular formula is C49H88O6. The molecule has 1 unspecified atom stereocenters. The summed E-state index contributed by atoms with van der Waals surface area (Å²) in [7, 11) is 0. The lowest BCUT2D eigenvalue weighted by molar-refractivity contribution is -0.167. The monoisotopic (exact) mass is 773 g/mol. The van der Waals surface area contributed by atoms with Gasteiger partial charge in [0.2, 0.25) is 0 Å². The van der Waals surface area contributed by atoms with Crippen molar-refractivity contribution in [3.05, 3.63) is 36.5 Å². The van der Waals surface area contributed by atoms with Crippen molar-refractivity contribution in [2.45, 2.75) is 245 Å². The highest BCUT2D eigenvalue weighted by atomic mass is 16.6. The molecule has 0 heterocycles. The Hall–Kier alpha value is -2.37. The van der Waals surface area contributed by atoms with Crippen LogP contribution in [0.4, 0.5) is 0 Å². The highest BCUT2D eigenvalue weighted by Crippen LogP contribution is 2.15. The van der Waals surface area contributed by atoms with Crippen molar-refractivity contribution in [1.29, 1.82) is 0 Å². The zero-order valence-corrected chi connectivity index (χ0v) is 36.4. The average molecular weight is 773 g/mol. The molecule has 0 fully saturated rings. The van der Waals surface area contributed by atoms with Crippen molar-refractivity contribution in [1.82, 2.24) is 0 Å². The van der Waals surface area contributed by atoms with Gasteiger partial charge in [-0.1, -0.05) is 192 Å². The molecule has 0 aromatic carbocycles. The van der Waals surface area contributed by atoms with Crippen LogP contribution in [0.3, 0.4) is 0 Å². The third kappa shape index (κ3) is 42.6. The van der Waals surface area contributed by atoms with Crippen LogP contribution in [-0.4, -0.2) is 37.2 Å². The molecule has 0 amide bonds. The van der Waals surface area contributed by atoms with Gasteiger partial charge in [-0.15, -0.1) is 0 Å². The van der Waals surface area contributed by atoms with Crippen LogP contribution in [0.15, 0.2) is 36.5 Å². The molecule has 6 heteroatoms. The molecule has 0 aromatic rings. The fraction of sp³-hybridized carbons (Fsp3) is 0.816. The Morgan fingerprint density at radius 2 is 0.727 bits per heavy atom. The van der Waals surface area contributed by atoms with Gasteiger partial charge in [0, 0.05) is 19.3 Å². The molecular weight excluding hydrogens is 685 g/mol. The summed E-state index contributed by atoms with van der Waals surface area (Å²) in [5.74, 6) is -0.900. The highest BCUT2D eigenvalue weighted by Gasteiger charge is 2.19. The van der Waals surface area contributed by atoms with Gasteiger partial charge in [0.15, 0.2) is 6.10 Å². The second-order valence-electron chi connectivity index (χ2n) is 15.6. The van der Waals surface area contributed by atoms with Gasteiger partial charge in [-0.05, 0) is 64.2 Å². The van der Waals surface area contributed by atoms with Crippen LogP contribution < -0.4 is 0 Å². The molecule has 6 nitrogen and oxygen atoms in total. The standard InChI is InChI=1S/C49H88O6/c1-4-7-10-13-16-19-22-24-25-28-30-33-36-39-42-48(51)54-45-46(44-53-47(50)41-38-35-32-29-26-21-18-15-12-9-6-3)55-49(52)43-40-37-34-31-27-23-20-17-14-11-8-5-2/h8,11,15,17-18,20,46H,4-7,9-10,12-14,16,19,21-45H2,1-3H3/b11-8-,18-15-,20-17-. The fourth-order valence-corrected chi connectivity index (χ4v) is 6.58. The van der Waals surface area contributed by atoms with E-state index in [0.717, 1.165) is 96.3 Å². The van der Waals surface area contributed by atoms with E-state index in [1.165, 1.54) is 103 Å². The van der Waals surface area contributed by atoms with Crippen LogP contribution in [0.1, 0.15) is 239 Å². The summed E-state index contributed by atoms with van der Waals surface area (Å²) in [4.78, 5) is 37.7. The van der Waals surface area contributed by atoms with E-state index in [2.05, 4.69) is 57.2 Å². The first-order chi connectivity index (χ1) is 27.0. The quantitative estimate of drug-likeness (QED) is 0.0266. The molecule has 0 rings (SSSR count). The summed E-state index contributed by atoms with van der Waals surface area (Å²) in [6.07, 6.45) is 49.8. The Bertz CT molecular complexity index is 938. The maximum absolute atomic E-state index is 12.7. The summed E-state index contributed by atoms with van der Waals surface area (Å²) in [5.41, 5.74) is 0. The molecule has 0 spiro atoms. The Balaban J connectivity index is 4.37. The predicted molar refractivity (Wildman–Crippen MR) is 233 cm³/mol. The number of carbonyl (C=O) groups is 3. The molecule has 0 saturated carbocycles. The lowest BCUT2D eigenvalue weighted by atomic mass is 10.0. The summed E-state index contributed by atoms with van der Waals surface area (Å²) < 4.78 is 16.7. The van der Waals surface area contributed by atoms with Crippen LogP contribution in [0, 0.1) is 0 Å². The predicted octanol–water partition coefficient (Wildman–Crippen LogP) is 15.0. The SMILES string of the molecule is CC/C=C\C/C=C\CCCCCCCC(=O)OC(COC(=O)CCCCCCC/C=C\CCCC)COC(=O)CCCCCCCCCCCCCCCC. The molecule has 320 valence electrons. The topological polar surface area (TPSA) is 78.9 Å². The summed E-state index contributed by atoms with van der Waals surface area (Å²) in [6.45, 7) is 6.47. The van der Waals surface area contributed by atoms with E-state index in [1.807, 2.05) is 0 Å². The van der Waals surface area contributed by atoms with E-state index < -0.39 is 6.10 Å². The van der Waals surface area contributed by atoms with E-state index in [-0.39, 0.29) is 31.1 Å². The van der Waals surface area contributed by atoms with E-state index in [0.29, 0.717) is 19.3 Å². The first-order valence-electron chi connectivity index (χ1n) is 23.5. The first-order valence-corrected chi connectivity index (χ1v) is 23.5. The molecule has 0 aliphatic carbocycles. The number of ether oxygens (including phenoxy) is 3. The van der Waals surface area contributed by atoms with Gasteiger partial charge in [0.25, 0.3) is 0 Å². The Morgan fingerprint density at radius 3 is 1.16 bits per heavy atom. The van der Waals surface area contributed by atoms with Crippen molar-refractivity contribution in [3.8, 4) is 0 Å². The Labute approximate surface area is 340 Å². The van der Waals surface area contributed by atoms with Gasteiger partial charge in [-0.2, -0.15) is 0 Å². The van der Waals surface area contributed by atoms with Crippen LogP contribution in [0.25, 0.3) is 0 Å². The Kier molecular flexibility index (Phi) is 42.4. The number of hydrogen-bond acceptors (Lipinski definition) is 6. The lowest BCUT2D eigenvalue weighted by Crippen LogP contribution is -2.30. The van der Waals surface area contributed by atoms with Crippen molar-refractivity contribution in [3.63, 3.8) is 0 Å². The van der Waals surface area contributed by atoms with Crippen molar-refractivity contribution >= 4 is 17.9 Å². The molecule has 0 N–H and O–H groups in total. The summed E-state index contributed by atoms with van der Waals surface area (Å²) in [5, 5.41) is 0. The fourth-order valence-electron chi connectivity index (χ4n) is 6.58. The average Bonchev–Trinajstić information content (AvgIpc) is 3.18. The van der Waals surface area contributed by atoms with Crippen molar-refractivity contribution in [2.24, 2.45) is 0 Å². The molecule has 55 heavy (non-hydrogen) atoms. The molecule has 0 aliphatic heterocycles. The third-order valence-electron chi connectivity index (χ3n) is 10.1. The number of unbranched alkanes of at least 4 members (excludes halogenated alkanes) is 25. The minimum atomic E-state index is -0.777. The maximum Gasteiger partial charge on any atom is 0.306 e. The minimum absolute atomic E-state index is 0.0783. The van der Waals surface area contributed by atoms with Gasteiger partial charge in [-0.3, -0.25) is 14.4 Å². The number of carbonyl (C=O) groups excluding carboxylic acids is 3. The largest absolute Gasteiger partial charge is 0.462 e. The molecule has 0 bridgehead atoms. The van der Waals surface area contributed by atoms with Gasteiger partial charge in [-0.25, -0.2) is 0 Å². The van der Waals surface area contributed by atoms with E-state index in [4.69, 9.17) is 14.2 Å². The van der Waals surface area contributed by atoms with Crippen LogP contribution in [-0.2, 0) is 28.6 Å². The zero-order chi connectivity index (χ0) is 40.1. The zero-order valence-electron chi connectivity index (χ0n) is 36.4. The normalized spacial score (nSPS) is 12.3. The second kappa shape index (κ2) is 44.3. The second-order valence-corrected chi connectivity index (χ2v) is 15.6. The first kappa shape index (κ1) is 52.6. The van der Waals surface area contributed by atoms with E-state index in [1.54, 1.807) is 0 Å². The lowest BCUT2D eigenvalue weighted by Gasteiger charge is -2.18. The van der Waals surface area contributed by atoms with Gasteiger partial charge < -0.3 is 14.2 Å². The number of esters is 3. The number of allylic oxidation sites excluding steroid dienone is 6. The molecule has 0 radical (unpaired) electrons. The smallest absolute Gasteiger partial charge is 0.306 e. The third-order valence-corrected chi connectivity index (χ3v) is 10.1. The minimum Gasteiger partial charge on any atom is -0.462 e. The molecule has 0 aromatic heterocycles. The maximum atomic E-state index is 12.7. The van der Waals surface area contributed by atoms with E-state index in [9.17, 15) is 14.4 Å². The number of rotatable bonds is 42. The molecule has 0 saturated heterocycles. The summed E-state index contributed by atoms with van der Waals surface area (Å²) in [6, 6.07) is 0. The van der Waals surface area contributed by atoms with Crippen LogP contribution in [0.2, 0.25) is 0 Å². The van der Waals surface area contributed by atoms with Crippen LogP contribution in [0.5, 0.6) is 0 Å². The van der Waals surface area contributed by atoms with Crippen molar-refractivity contribution in [2.75, 3.05) is 13.2 Å².